The molecule has 1 atom stereocenters. The maximum absolute atomic E-state index is 13.4. The molecule has 3 nitrogen and oxygen atoms in total. The van der Waals surface area contributed by atoms with Gasteiger partial charge in [0.25, 0.3) is 0 Å². The molecule has 0 aromatic heterocycles. The summed E-state index contributed by atoms with van der Waals surface area (Å²) >= 11 is 5.88. The minimum absolute atomic E-state index is 0.128. The molecule has 0 amide bonds. The standard InChI is InChI=1S/C17H18ClF3N2O/c1-24-15-6-4-14(5-7-15)23-16(17(19,20)21)9-11-2-3-13(18)8-12(11)10-22/h2-8,16,23H,9-10,22H2,1H3. The number of ether oxygens (including phenoxy) is 1. The minimum Gasteiger partial charge on any atom is -0.497 e. The first-order valence-electron chi connectivity index (χ1n) is 7.28. The van der Waals surface area contributed by atoms with Crippen LogP contribution in [-0.2, 0) is 13.0 Å². The summed E-state index contributed by atoms with van der Waals surface area (Å²) in [4.78, 5) is 0. The van der Waals surface area contributed by atoms with Crippen LogP contribution in [-0.4, -0.2) is 19.3 Å². The van der Waals surface area contributed by atoms with Crippen LogP contribution in [0.3, 0.4) is 0 Å². The van der Waals surface area contributed by atoms with Crippen molar-refractivity contribution in [2.24, 2.45) is 5.73 Å². The number of benzene rings is 2. The van der Waals surface area contributed by atoms with Crippen molar-refractivity contribution in [1.82, 2.24) is 0 Å². The summed E-state index contributed by atoms with van der Waals surface area (Å²) in [6.07, 6.45) is -4.65. The van der Waals surface area contributed by atoms with Crippen LogP contribution in [0.2, 0.25) is 5.02 Å². The molecule has 130 valence electrons. The van der Waals surface area contributed by atoms with Crippen molar-refractivity contribution in [3.8, 4) is 5.75 Å². The fourth-order valence-corrected chi connectivity index (χ4v) is 2.54. The number of hydrogen-bond acceptors (Lipinski definition) is 3. The lowest BCUT2D eigenvalue weighted by atomic mass is 9.99. The third-order valence-electron chi connectivity index (χ3n) is 3.64. The number of alkyl halides is 3. The number of nitrogens with two attached hydrogens (primary N) is 1. The monoisotopic (exact) mass is 358 g/mol. The molecule has 3 N–H and O–H groups in total. The molecule has 24 heavy (non-hydrogen) atoms. The Kier molecular flexibility index (Phi) is 5.96. The second-order valence-corrected chi connectivity index (χ2v) is 5.72. The normalized spacial score (nSPS) is 12.8. The van der Waals surface area contributed by atoms with Crippen molar-refractivity contribution in [1.29, 1.82) is 0 Å². The van der Waals surface area contributed by atoms with Gasteiger partial charge in [0.15, 0.2) is 0 Å². The molecule has 2 aromatic rings. The number of rotatable bonds is 6. The zero-order valence-corrected chi connectivity index (χ0v) is 13.8. The van der Waals surface area contributed by atoms with Crippen LogP contribution >= 0.6 is 11.6 Å². The third kappa shape index (κ3) is 4.79. The first-order valence-corrected chi connectivity index (χ1v) is 7.66. The van der Waals surface area contributed by atoms with E-state index in [2.05, 4.69) is 5.32 Å². The van der Waals surface area contributed by atoms with Gasteiger partial charge in [-0.3, -0.25) is 0 Å². The maximum atomic E-state index is 13.4. The van der Waals surface area contributed by atoms with Crippen LogP contribution in [0.5, 0.6) is 5.75 Å². The van der Waals surface area contributed by atoms with Gasteiger partial charge in [-0.1, -0.05) is 17.7 Å². The van der Waals surface area contributed by atoms with Crippen molar-refractivity contribution in [2.75, 3.05) is 12.4 Å². The second kappa shape index (κ2) is 7.77. The molecule has 2 rings (SSSR count). The summed E-state index contributed by atoms with van der Waals surface area (Å²) in [6, 6.07) is 9.30. The largest absolute Gasteiger partial charge is 0.497 e. The molecule has 0 aliphatic heterocycles. The Morgan fingerprint density at radius 3 is 2.33 bits per heavy atom. The number of anilines is 1. The SMILES string of the molecule is COc1ccc(NC(Cc2ccc(Cl)cc2CN)C(F)(F)F)cc1. The minimum atomic E-state index is -4.41. The summed E-state index contributed by atoms with van der Waals surface area (Å²) in [5.74, 6) is 0.576. The molecular weight excluding hydrogens is 341 g/mol. The maximum Gasteiger partial charge on any atom is 0.408 e. The van der Waals surface area contributed by atoms with Crippen LogP contribution < -0.4 is 15.8 Å². The van der Waals surface area contributed by atoms with E-state index < -0.39 is 12.2 Å². The molecule has 0 spiro atoms. The smallest absolute Gasteiger partial charge is 0.408 e. The van der Waals surface area contributed by atoms with Gasteiger partial charge in [0.2, 0.25) is 0 Å². The summed E-state index contributed by atoms with van der Waals surface area (Å²) in [7, 11) is 1.50. The number of hydrogen-bond donors (Lipinski definition) is 2. The van der Waals surface area contributed by atoms with Crippen molar-refractivity contribution in [3.05, 3.63) is 58.6 Å². The highest BCUT2D eigenvalue weighted by atomic mass is 35.5. The first kappa shape index (κ1) is 18.4. The summed E-state index contributed by atoms with van der Waals surface area (Å²) in [5.41, 5.74) is 7.10. The van der Waals surface area contributed by atoms with E-state index in [1.165, 1.54) is 7.11 Å². The van der Waals surface area contributed by atoms with Crippen LogP contribution in [0.15, 0.2) is 42.5 Å². The Balaban J connectivity index is 2.22. The zero-order valence-electron chi connectivity index (χ0n) is 13.0. The predicted octanol–water partition coefficient (Wildman–Crippen LogP) is 4.39. The van der Waals surface area contributed by atoms with E-state index in [9.17, 15) is 13.2 Å². The number of nitrogens with one attached hydrogen (secondary N) is 1. The third-order valence-corrected chi connectivity index (χ3v) is 3.87. The van der Waals surface area contributed by atoms with Crippen molar-refractivity contribution >= 4 is 17.3 Å². The van der Waals surface area contributed by atoms with Crippen LogP contribution in [0.4, 0.5) is 18.9 Å². The van der Waals surface area contributed by atoms with Crippen LogP contribution in [0, 0.1) is 0 Å². The van der Waals surface area contributed by atoms with Crippen molar-refractivity contribution in [2.45, 2.75) is 25.2 Å². The highest BCUT2D eigenvalue weighted by molar-refractivity contribution is 6.30. The van der Waals surface area contributed by atoms with Gasteiger partial charge in [-0.05, 0) is 47.5 Å². The van der Waals surface area contributed by atoms with Gasteiger partial charge in [-0.15, -0.1) is 0 Å². The van der Waals surface area contributed by atoms with Gasteiger partial charge in [0.1, 0.15) is 11.8 Å². The molecule has 0 radical (unpaired) electrons. The van der Waals surface area contributed by atoms with Crippen molar-refractivity contribution in [3.63, 3.8) is 0 Å². The molecule has 7 heteroatoms. The van der Waals surface area contributed by atoms with Crippen LogP contribution in [0.1, 0.15) is 11.1 Å². The molecule has 0 bridgehead atoms. The highest BCUT2D eigenvalue weighted by Gasteiger charge is 2.39. The van der Waals surface area contributed by atoms with E-state index in [4.69, 9.17) is 22.1 Å². The molecule has 2 aromatic carbocycles. The fourth-order valence-electron chi connectivity index (χ4n) is 2.34. The predicted molar refractivity (Wildman–Crippen MR) is 89.5 cm³/mol. The van der Waals surface area contributed by atoms with Gasteiger partial charge < -0.3 is 15.8 Å². The van der Waals surface area contributed by atoms with E-state index in [0.29, 0.717) is 27.6 Å². The molecule has 0 heterocycles. The average molecular weight is 359 g/mol. The Bertz CT molecular complexity index is 675. The van der Waals surface area contributed by atoms with Gasteiger partial charge in [0, 0.05) is 23.7 Å². The zero-order chi connectivity index (χ0) is 17.7. The molecule has 0 saturated carbocycles. The van der Waals surface area contributed by atoms with Crippen molar-refractivity contribution < 1.29 is 17.9 Å². The second-order valence-electron chi connectivity index (χ2n) is 5.29. The van der Waals surface area contributed by atoms with Gasteiger partial charge in [-0.2, -0.15) is 13.2 Å². The highest BCUT2D eigenvalue weighted by Crippen LogP contribution is 2.29. The Labute approximate surface area is 143 Å². The molecule has 0 aliphatic rings. The van der Waals surface area contributed by atoms with E-state index >= 15 is 0 Å². The molecule has 0 fully saturated rings. The lowest BCUT2D eigenvalue weighted by Gasteiger charge is -2.24. The van der Waals surface area contributed by atoms with E-state index in [1.807, 2.05) is 0 Å². The molecule has 1 unspecified atom stereocenters. The molecular formula is C17H18ClF3N2O. The van der Waals surface area contributed by atoms with E-state index in [1.54, 1.807) is 42.5 Å². The summed E-state index contributed by atoms with van der Waals surface area (Å²) in [5, 5.41) is 2.98. The van der Waals surface area contributed by atoms with E-state index in [-0.39, 0.29) is 13.0 Å². The lowest BCUT2D eigenvalue weighted by Crippen LogP contribution is -2.38. The van der Waals surface area contributed by atoms with Gasteiger partial charge in [-0.25, -0.2) is 0 Å². The quantitative estimate of drug-likeness (QED) is 0.805. The molecule has 0 saturated heterocycles. The molecule has 0 aliphatic carbocycles. The summed E-state index contributed by atoms with van der Waals surface area (Å²) in [6.45, 7) is 0.128. The van der Waals surface area contributed by atoms with Gasteiger partial charge >= 0.3 is 6.18 Å². The lowest BCUT2D eigenvalue weighted by molar-refractivity contribution is -0.142. The van der Waals surface area contributed by atoms with E-state index in [0.717, 1.165) is 0 Å². The average Bonchev–Trinajstić information content (AvgIpc) is 2.55. The number of methoxy groups -OCH3 is 1. The Morgan fingerprint density at radius 1 is 1.12 bits per heavy atom. The van der Waals surface area contributed by atoms with Gasteiger partial charge in [0.05, 0.1) is 7.11 Å². The fraction of sp³-hybridized carbons (Fsp3) is 0.294. The Morgan fingerprint density at radius 2 is 1.79 bits per heavy atom. The first-order chi connectivity index (χ1) is 11.3. The summed E-state index contributed by atoms with van der Waals surface area (Å²) < 4.78 is 45.2. The van der Waals surface area contributed by atoms with Crippen LogP contribution in [0.25, 0.3) is 0 Å². The Hall–Kier alpha value is -1.92. The topological polar surface area (TPSA) is 47.3 Å². The number of halogens is 4.